The highest BCUT2D eigenvalue weighted by molar-refractivity contribution is 6.32. The summed E-state index contributed by atoms with van der Waals surface area (Å²) in [4.78, 5) is 16.0. The van der Waals surface area contributed by atoms with E-state index in [-0.39, 0.29) is 16.7 Å². The summed E-state index contributed by atoms with van der Waals surface area (Å²) in [6.07, 6.45) is 1.52. The zero-order chi connectivity index (χ0) is 15.5. The van der Waals surface area contributed by atoms with Crippen molar-refractivity contribution in [3.05, 3.63) is 71.5 Å². The smallest absolute Gasteiger partial charge is 0.291 e. The Morgan fingerprint density at radius 2 is 1.95 bits per heavy atom. The summed E-state index contributed by atoms with van der Waals surface area (Å²) < 4.78 is 19.1. The number of hydrogen-bond acceptors (Lipinski definition) is 3. The molecule has 0 aliphatic rings. The number of rotatable bonds is 3. The monoisotopic (exact) mass is 316 g/mol. The second kappa shape index (κ2) is 5.99. The van der Waals surface area contributed by atoms with Crippen molar-refractivity contribution in [3.8, 4) is 11.3 Å². The van der Waals surface area contributed by atoms with E-state index in [1.807, 2.05) is 0 Å². The maximum absolute atomic E-state index is 13.7. The van der Waals surface area contributed by atoms with E-state index in [2.05, 4.69) is 10.3 Å². The Kier molecular flexibility index (Phi) is 3.89. The summed E-state index contributed by atoms with van der Waals surface area (Å²) in [7, 11) is 0. The summed E-state index contributed by atoms with van der Waals surface area (Å²) >= 11 is 5.87. The van der Waals surface area contributed by atoms with Gasteiger partial charge in [0.2, 0.25) is 0 Å². The van der Waals surface area contributed by atoms with Gasteiger partial charge in [0.1, 0.15) is 11.6 Å². The molecule has 0 spiro atoms. The van der Waals surface area contributed by atoms with E-state index in [4.69, 9.17) is 16.0 Å². The number of carbonyl (C=O) groups is 1. The van der Waals surface area contributed by atoms with E-state index in [0.29, 0.717) is 11.3 Å². The number of pyridine rings is 1. The standard InChI is InChI=1S/C16H10ClFN2O2/c17-15-12(6-3-9-19-15)20-16(21)14-8-7-13(22-14)10-4-1-2-5-11(10)18/h1-9H,(H,20,21). The number of carbonyl (C=O) groups excluding carboxylic acids is 1. The number of halogens is 2. The van der Waals surface area contributed by atoms with Crippen LogP contribution < -0.4 is 5.32 Å². The predicted molar refractivity (Wildman–Crippen MR) is 81.3 cm³/mol. The minimum Gasteiger partial charge on any atom is -0.451 e. The zero-order valence-corrected chi connectivity index (χ0v) is 12.0. The summed E-state index contributed by atoms with van der Waals surface area (Å²) in [6.45, 7) is 0. The lowest BCUT2D eigenvalue weighted by atomic mass is 10.1. The lowest BCUT2D eigenvalue weighted by Crippen LogP contribution is -2.11. The molecular weight excluding hydrogens is 307 g/mol. The minimum atomic E-state index is -0.488. The molecule has 3 aromatic rings. The molecule has 1 amide bonds. The van der Waals surface area contributed by atoms with Crippen LogP contribution >= 0.6 is 11.6 Å². The summed E-state index contributed by atoms with van der Waals surface area (Å²) in [6, 6.07) is 12.5. The summed E-state index contributed by atoms with van der Waals surface area (Å²) in [5, 5.41) is 2.76. The topological polar surface area (TPSA) is 55.1 Å². The van der Waals surface area contributed by atoms with Crippen LogP contribution in [0.25, 0.3) is 11.3 Å². The second-order valence-electron chi connectivity index (χ2n) is 4.44. The molecule has 22 heavy (non-hydrogen) atoms. The molecule has 0 atom stereocenters. The van der Waals surface area contributed by atoms with E-state index in [0.717, 1.165) is 0 Å². The van der Waals surface area contributed by atoms with Gasteiger partial charge in [-0.2, -0.15) is 0 Å². The number of furan rings is 1. The molecule has 4 nitrogen and oxygen atoms in total. The first kappa shape index (κ1) is 14.3. The highest BCUT2D eigenvalue weighted by Gasteiger charge is 2.15. The molecule has 110 valence electrons. The van der Waals surface area contributed by atoms with Gasteiger partial charge in [0.15, 0.2) is 10.9 Å². The molecule has 6 heteroatoms. The van der Waals surface area contributed by atoms with E-state index in [1.54, 1.807) is 30.3 Å². The van der Waals surface area contributed by atoms with Crippen molar-refractivity contribution in [2.45, 2.75) is 0 Å². The number of nitrogens with one attached hydrogen (secondary N) is 1. The van der Waals surface area contributed by atoms with E-state index < -0.39 is 11.7 Å². The number of hydrogen-bond donors (Lipinski definition) is 1. The first-order valence-corrected chi connectivity index (χ1v) is 6.79. The first-order valence-electron chi connectivity index (χ1n) is 6.42. The second-order valence-corrected chi connectivity index (χ2v) is 4.80. The Hall–Kier alpha value is -2.66. The maximum atomic E-state index is 13.7. The van der Waals surface area contributed by atoms with E-state index in [1.165, 1.54) is 24.4 Å². The molecule has 0 unspecified atom stereocenters. The third-order valence-corrected chi connectivity index (χ3v) is 3.28. The molecule has 2 aromatic heterocycles. The fourth-order valence-electron chi connectivity index (χ4n) is 1.93. The van der Waals surface area contributed by atoms with E-state index in [9.17, 15) is 9.18 Å². The molecule has 0 bridgehead atoms. The summed E-state index contributed by atoms with van der Waals surface area (Å²) in [5.74, 6) is -0.574. The van der Waals surface area contributed by atoms with Gasteiger partial charge in [-0.25, -0.2) is 9.37 Å². The molecule has 1 N–H and O–H groups in total. The molecule has 1 aromatic carbocycles. The van der Waals surface area contributed by atoms with Crippen molar-refractivity contribution in [3.63, 3.8) is 0 Å². The molecule has 3 rings (SSSR count). The van der Waals surface area contributed by atoms with Crippen LogP contribution in [-0.2, 0) is 0 Å². The molecule has 0 aliphatic carbocycles. The Balaban J connectivity index is 1.84. The highest BCUT2D eigenvalue weighted by Crippen LogP contribution is 2.25. The fraction of sp³-hybridized carbons (Fsp3) is 0. The van der Waals surface area contributed by atoms with Gasteiger partial charge >= 0.3 is 0 Å². The van der Waals surface area contributed by atoms with Crippen LogP contribution in [0.2, 0.25) is 5.15 Å². The average molecular weight is 317 g/mol. The van der Waals surface area contributed by atoms with Gasteiger partial charge < -0.3 is 9.73 Å². The van der Waals surface area contributed by atoms with Gasteiger partial charge in [-0.05, 0) is 36.4 Å². The number of amides is 1. The minimum absolute atomic E-state index is 0.0539. The van der Waals surface area contributed by atoms with Gasteiger partial charge in [-0.1, -0.05) is 23.7 Å². The van der Waals surface area contributed by atoms with Crippen molar-refractivity contribution < 1.29 is 13.6 Å². The van der Waals surface area contributed by atoms with Gasteiger partial charge in [-0.3, -0.25) is 4.79 Å². The Bertz CT molecular complexity index is 832. The lowest BCUT2D eigenvalue weighted by Gasteiger charge is -2.04. The molecular formula is C16H10ClFN2O2. The van der Waals surface area contributed by atoms with Crippen LogP contribution in [0.15, 0.2) is 59.1 Å². The predicted octanol–water partition coefficient (Wildman–Crippen LogP) is 4.39. The molecule has 0 fully saturated rings. The van der Waals surface area contributed by atoms with Crippen molar-refractivity contribution in [1.82, 2.24) is 4.98 Å². The summed E-state index contributed by atoms with van der Waals surface area (Å²) in [5.41, 5.74) is 0.666. The molecule has 0 radical (unpaired) electrons. The third kappa shape index (κ3) is 2.84. The lowest BCUT2D eigenvalue weighted by molar-refractivity contribution is 0.0997. The Morgan fingerprint density at radius 1 is 1.14 bits per heavy atom. The number of nitrogens with zero attached hydrogens (tertiary/aromatic N) is 1. The third-order valence-electron chi connectivity index (χ3n) is 2.98. The molecule has 0 saturated carbocycles. The number of benzene rings is 1. The molecule has 2 heterocycles. The van der Waals surface area contributed by atoms with Gasteiger partial charge in [0.05, 0.1) is 11.3 Å². The van der Waals surface area contributed by atoms with Gasteiger partial charge in [0, 0.05) is 6.20 Å². The van der Waals surface area contributed by atoms with Crippen LogP contribution in [-0.4, -0.2) is 10.9 Å². The van der Waals surface area contributed by atoms with Crippen molar-refractivity contribution in [1.29, 1.82) is 0 Å². The highest BCUT2D eigenvalue weighted by atomic mass is 35.5. The van der Waals surface area contributed by atoms with Crippen molar-refractivity contribution in [2.75, 3.05) is 5.32 Å². The van der Waals surface area contributed by atoms with E-state index >= 15 is 0 Å². The largest absolute Gasteiger partial charge is 0.451 e. The zero-order valence-electron chi connectivity index (χ0n) is 11.2. The molecule has 0 aliphatic heterocycles. The SMILES string of the molecule is O=C(Nc1cccnc1Cl)c1ccc(-c2ccccc2F)o1. The maximum Gasteiger partial charge on any atom is 0.291 e. The average Bonchev–Trinajstić information content (AvgIpc) is 3.00. The quantitative estimate of drug-likeness (QED) is 0.729. The number of anilines is 1. The van der Waals surface area contributed by atoms with Crippen LogP contribution in [0.5, 0.6) is 0 Å². The van der Waals surface area contributed by atoms with Crippen molar-refractivity contribution >= 4 is 23.2 Å². The molecule has 0 saturated heterocycles. The van der Waals surface area contributed by atoms with Crippen LogP contribution in [0.4, 0.5) is 10.1 Å². The van der Waals surface area contributed by atoms with Gasteiger partial charge in [0.25, 0.3) is 5.91 Å². The normalized spacial score (nSPS) is 10.5. The van der Waals surface area contributed by atoms with Crippen LogP contribution in [0, 0.1) is 5.82 Å². The van der Waals surface area contributed by atoms with Crippen LogP contribution in [0.3, 0.4) is 0 Å². The van der Waals surface area contributed by atoms with Crippen LogP contribution in [0.1, 0.15) is 10.6 Å². The Labute approximate surface area is 130 Å². The number of aromatic nitrogens is 1. The fourth-order valence-corrected chi connectivity index (χ4v) is 2.10. The van der Waals surface area contributed by atoms with Gasteiger partial charge in [-0.15, -0.1) is 0 Å². The Morgan fingerprint density at radius 3 is 2.73 bits per heavy atom. The van der Waals surface area contributed by atoms with Crippen molar-refractivity contribution in [2.24, 2.45) is 0 Å². The first-order chi connectivity index (χ1) is 10.6.